The second kappa shape index (κ2) is 9.28. The highest BCUT2D eigenvalue weighted by Gasteiger charge is 2.43. The van der Waals surface area contributed by atoms with E-state index in [1.807, 2.05) is 28.6 Å². The number of rotatable bonds is 8. The molecule has 0 bridgehead atoms. The number of aryl methyl sites for hydroxylation is 1. The number of hydrogen-bond acceptors (Lipinski definition) is 6. The summed E-state index contributed by atoms with van der Waals surface area (Å²) < 4.78 is 7.29. The van der Waals surface area contributed by atoms with Gasteiger partial charge in [0.05, 0.1) is 41.4 Å². The number of nitrogens with one attached hydrogen (secondary N) is 1. The molecule has 35 heavy (non-hydrogen) atoms. The Morgan fingerprint density at radius 1 is 1.26 bits per heavy atom. The number of ether oxygens (including phenoxy) is 1. The first kappa shape index (κ1) is 23.8. The van der Waals surface area contributed by atoms with E-state index < -0.39 is 5.91 Å². The van der Waals surface area contributed by atoms with E-state index in [4.69, 9.17) is 15.6 Å². The zero-order valence-corrected chi connectivity index (χ0v) is 21.0. The van der Waals surface area contributed by atoms with Crippen LogP contribution in [0.1, 0.15) is 58.8 Å². The van der Waals surface area contributed by atoms with Crippen molar-refractivity contribution in [2.75, 3.05) is 51.3 Å². The Morgan fingerprint density at radius 3 is 2.69 bits per heavy atom. The number of nitrogens with two attached hydrogens (primary N) is 1. The highest BCUT2D eigenvalue weighted by atomic mass is 16.5. The minimum atomic E-state index is -0.476. The van der Waals surface area contributed by atoms with Crippen molar-refractivity contribution >= 4 is 17.5 Å². The molecule has 2 aliphatic heterocycles. The Hall–Kier alpha value is -2.91. The summed E-state index contributed by atoms with van der Waals surface area (Å²) in [5.74, 6) is 0.225. The van der Waals surface area contributed by atoms with Crippen molar-refractivity contribution in [3.05, 3.63) is 40.7 Å². The van der Waals surface area contributed by atoms with Crippen LogP contribution in [0, 0.1) is 12.8 Å². The second-order valence-electron chi connectivity index (χ2n) is 10.6. The first-order valence-electron chi connectivity index (χ1n) is 12.6. The molecule has 3 N–H and O–H groups in total. The molecular weight excluding hydrogens is 444 g/mol. The molecular formula is C26H36N6O3. The first-order chi connectivity index (χ1) is 16.7. The molecule has 0 radical (unpaired) electrons. The SMILES string of the molecule is Cc1nn(-c2ccc(C(N)=O)c(NCCN3CCOCC3)c2)c2c1C(=O)N(CC1CC1)C(C)(C)C2. The molecule has 2 amide bonds. The number of amides is 2. The number of morpholine rings is 1. The standard InChI is InChI=1S/C26H36N6O3/c1-17-23-22(15-26(2,3)31(25(23)34)16-18-4-5-18)32(29-17)19-6-7-20(24(27)33)21(14-19)28-8-9-30-10-12-35-13-11-30/h6-7,14,18,28H,4-5,8-13,15-16H2,1-3H3,(H2,27,33). The Kier molecular flexibility index (Phi) is 6.31. The van der Waals surface area contributed by atoms with Gasteiger partial charge in [-0.05, 0) is 57.7 Å². The third-order valence-electron chi connectivity index (χ3n) is 7.44. The van der Waals surface area contributed by atoms with Crippen LogP contribution in [0.5, 0.6) is 0 Å². The topological polar surface area (TPSA) is 106 Å². The van der Waals surface area contributed by atoms with Gasteiger partial charge in [-0.2, -0.15) is 5.10 Å². The predicted molar refractivity (Wildman–Crippen MR) is 134 cm³/mol. The number of nitrogens with zero attached hydrogens (tertiary/aromatic N) is 4. The van der Waals surface area contributed by atoms with Gasteiger partial charge in [0.15, 0.2) is 0 Å². The van der Waals surface area contributed by atoms with Crippen LogP contribution in [0.4, 0.5) is 5.69 Å². The Labute approximate surface area is 206 Å². The molecule has 2 fully saturated rings. The average Bonchev–Trinajstić information content (AvgIpc) is 3.59. The summed E-state index contributed by atoms with van der Waals surface area (Å²) in [7, 11) is 0. The van der Waals surface area contributed by atoms with Crippen molar-refractivity contribution in [1.29, 1.82) is 0 Å². The average molecular weight is 481 g/mol. The van der Waals surface area contributed by atoms with Crippen molar-refractivity contribution in [2.24, 2.45) is 11.7 Å². The minimum absolute atomic E-state index is 0.0736. The fraction of sp³-hybridized carbons (Fsp3) is 0.577. The van der Waals surface area contributed by atoms with Gasteiger partial charge in [-0.3, -0.25) is 14.5 Å². The number of anilines is 1. The Balaban J connectivity index is 1.43. The lowest BCUT2D eigenvalue weighted by atomic mass is 9.87. The van der Waals surface area contributed by atoms with E-state index in [1.165, 1.54) is 12.8 Å². The zero-order chi connectivity index (χ0) is 24.7. The van der Waals surface area contributed by atoms with Crippen molar-refractivity contribution < 1.29 is 14.3 Å². The monoisotopic (exact) mass is 480 g/mol. The van der Waals surface area contributed by atoms with E-state index in [9.17, 15) is 9.59 Å². The third-order valence-corrected chi connectivity index (χ3v) is 7.44. The van der Waals surface area contributed by atoms with Gasteiger partial charge in [0.2, 0.25) is 0 Å². The summed E-state index contributed by atoms with van der Waals surface area (Å²) in [6.07, 6.45) is 3.13. The summed E-state index contributed by atoms with van der Waals surface area (Å²) in [6.45, 7) is 11.8. The molecule has 1 aromatic heterocycles. The van der Waals surface area contributed by atoms with Gasteiger partial charge in [-0.15, -0.1) is 0 Å². The minimum Gasteiger partial charge on any atom is -0.383 e. The highest BCUT2D eigenvalue weighted by Crippen LogP contribution is 2.38. The summed E-state index contributed by atoms with van der Waals surface area (Å²) in [4.78, 5) is 30.0. The lowest BCUT2D eigenvalue weighted by molar-refractivity contribution is 0.0398. The van der Waals surface area contributed by atoms with Gasteiger partial charge in [0.1, 0.15) is 0 Å². The summed E-state index contributed by atoms with van der Waals surface area (Å²) in [5.41, 5.74) is 9.70. The number of aromatic nitrogens is 2. The van der Waals surface area contributed by atoms with Crippen molar-refractivity contribution in [2.45, 2.75) is 45.6 Å². The second-order valence-corrected chi connectivity index (χ2v) is 10.6. The van der Waals surface area contributed by atoms with Gasteiger partial charge in [-0.1, -0.05) is 0 Å². The number of hydrogen-bond donors (Lipinski definition) is 2. The number of carbonyl (C=O) groups is 2. The predicted octanol–water partition coefficient (Wildman–Crippen LogP) is 2.21. The van der Waals surface area contributed by atoms with E-state index in [0.717, 1.165) is 62.9 Å². The normalized spacial score (nSPS) is 20.1. The maximum atomic E-state index is 13.5. The number of primary amides is 1. The Morgan fingerprint density at radius 2 is 2.00 bits per heavy atom. The van der Waals surface area contributed by atoms with Gasteiger partial charge in [0, 0.05) is 50.4 Å². The summed E-state index contributed by atoms with van der Waals surface area (Å²) in [5, 5.41) is 8.18. The van der Waals surface area contributed by atoms with Crippen LogP contribution in [-0.2, 0) is 11.2 Å². The van der Waals surface area contributed by atoms with E-state index in [-0.39, 0.29) is 11.4 Å². The molecule has 0 unspecified atom stereocenters. The lowest BCUT2D eigenvalue weighted by Crippen LogP contribution is -2.53. The highest BCUT2D eigenvalue weighted by molar-refractivity contribution is 5.99. The lowest BCUT2D eigenvalue weighted by Gasteiger charge is -2.42. The fourth-order valence-electron chi connectivity index (χ4n) is 5.23. The molecule has 188 valence electrons. The van der Waals surface area contributed by atoms with Crippen LogP contribution < -0.4 is 11.1 Å². The van der Waals surface area contributed by atoms with Crippen LogP contribution in [0.15, 0.2) is 18.2 Å². The molecule has 9 heteroatoms. The quantitative estimate of drug-likeness (QED) is 0.600. The van der Waals surface area contributed by atoms with Crippen molar-refractivity contribution in [3.63, 3.8) is 0 Å². The van der Waals surface area contributed by atoms with Crippen LogP contribution in [0.2, 0.25) is 0 Å². The molecule has 5 rings (SSSR count). The van der Waals surface area contributed by atoms with Gasteiger partial charge >= 0.3 is 0 Å². The molecule has 3 heterocycles. The smallest absolute Gasteiger partial charge is 0.258 e. The van der Waals surface area contributed by atoms with Crippen LogP contribution >= 0.6 is 0 Å². The largest absolute Gasteiger partial charge is 0.383 e. The van der Waals surface area contributed by atoms with Crippen molar-refractivity contribution in [3.8, 4) is 5.69 Å². The Bertz CT molecular complexity index is 1130. The molecule has 0 atom stereocenters. The van der Waals surface area contributed by atoms with Crippen molar-refractivity contribution in [1.82, 2.24) is 19.6 Å². The van der Waals surface area contributed by atoms with E-state index in [0.29, 0.717) is 29.3 Å². The van der Waals surface area contributed by atoms with Gasteiger partial charge < -0.3 is 20.7 Å². The maximum absolute atomic E-state index is 13.5. The molecule has 3 aliphatic rings. The number of benzene rings is 1. The van der Waals surface area contributed by atoms with Crippen LogP contribution in [0.3, 0.4) is 0 Å². The third kappa shape index (κ3) is 4.79. The van der Waals surface area contributed by atoms with Gasteiger partial charge in [0.25, 0.3) is 11.8 Å². The molecule has 2 aromatic rings. The van der Waals surface area contributed by atoms with E-state index in [2.05, 4.69) is 24.1 Å². The van der Waals surface area contributed by atoms with Gasteiger partial charge in [-0.25, -0.2) is 4.68 Å². The molecule has 9 nitrogen and oxygen atoms in total. The van der Waals surface area contributed by atoms with Crippen LogP contribution in [-0.4, -0.2) is 82.9 Å². The maximum Gasteiger partial charge on any atom is 0.258 e. The van der Waals surface area contributed by atoms with E-state index >= 15 is 0 Å². The first-order valence-corrected chi connectivity index (χ1v) is 12.6. The molecule has 0 spiro atoms. The fourth-order valence-corrected chi connectivity index (χ4v) is 5.23. The zero-order valence-electron chi connectivity index (χ0n) is 21.0. The number of carbonyl (C=O) groups excluding carboxylic acids is 2. The molecule has 1 saturated heterocycles. The molecule has 1 aromatic carbocycles. The summed E-state index contributed by atoms with van der Waals surface area (Å²) >= 11 is 0. The van der Waals surface area contributed by atoms with E-state index in [1.54, 1.807) is 6.07 Å². The number of fused-ring (bicyclic) bond motifs is 1. The molecule has 1 aliphatic carbocycles. The van der Waals surface area contributed by atoms with Crippen LogP contribution in [0.25, 0.3) is 5.69 Å². The molecule has 1 saturated carbocycles. The summed E-state index contributed by atoms with van der Waals surface area (Å²) in [6, 6.07) is 5.52.